The van der Waals surface area contributed by atoms with Crippen LogP contribution in [-0.2, 0) is 9.53 Å². The van der Waals surface area contributed by atoms with E-state index in [0.717, 1.165) is 25.7 Å². The predicted octanol–water partition coefficient (Wildman–Crippen LogP) is 11.9. The van der Waals surface area contributed by atoms with Gasteiger partial charge in [-0.2, -0.15) is 0 Å². The minimum absolute atomic E-state index is 0.00259. The second-order valence-corrected chi connectivity index (χ2v) is 11.2. The fourth-order valence-electron chi connectivity index (χ4n) is 5.02. The van der Waals surface area contributed by atoms with Crippen LogP contribution < -0.4 is 0 Å². The lowest BCUT2D eigenvalue weighted by Gasteiger charge is -2.05. The van der Waals surface area contributed by atoms with Crippen molar-refractivity contribution in [3.63, 3.8) is 0 Å². The van der Waals surface area contributed by atoms with Crippen LogP contribution in [0.15, 0.2) is 0 Å². The minimum atomic E-state index is 0.00259. The summed E-state index contributed by atoms with van der Waals surface area (Å²) in [6, 6.07) is 0. The minimum Gasteiger partial charge on any atom is -0.466 e. The first-order valence-corrected chi connectivity index (χ1v) is 16.5. The molecule has 2 heteroatoms. The molecule has 0 N–H and O–H groups in total. The van der Waals surface area contributed by atoms with Gasteiger partial charge in [0.1, 0.15) is 0 Å². The summed E-state index contributed by atoms with van der Waals surface area (Å²) in [5.74, 6) is 0.00259. The topological polar surface area (TPSA) is 26.3 Å². The van der Waals surface area contributed by atoms with Crippen molar-refractivity contribution in [3.8, 4) is 0 Å². The third-order valence-electron chi connectivity index (χ3n) is 7.50. The van der Waals surface area contributed by atoms with Crippen LogP contribution in [0.25, 0.3) is 0 Å². The van der Waals surface area contributed by atoms with E-state index >= 15 is 0 Å². The first kappa shape index (κ1) is 34.5. The first-order valence-electron chi connectivity index (χ1n) is 16.5. The number of hydrogen-bond donors (Lipinski definition) is 0. The average molecular weight is 495 g/mol. The van der Waals surface area contributed by atoms with Crippen LogP contribution in [0.4, 0.5) is 0 Å². The molecule has 0 fully saturated rings. The standard InChI is InChI=1S/C33H66O2/c1-3-5-7-8-9-10-11-12-13-14-15-16-17-18-19-20-21-22-23-24-25-26-27-28-30-32-35-33(34)31-29-6-4-2/h3-32H2,1-2H3. The number of unbranched alkanes of at least 4 members (excludes halogenated alkanes) is 26. The predicted molar refractivity (Wildman–Crippen MR) is 156 cm³/mol. The number of ether oxygens (including phenoxy) is 1. The van der Waals surface area contributed by atoms with Crippen molar-refractivity contribution < 1.29 is 9.53 Å². The highest BCUT2D eigenvalue weighted by atomic mass is 16.5. The summed E-state index contributed by atoms with van der Waals surface area (Å²) >= 11 is 0. The lowest BCUT2D eigenvalue weighted by Crippen LogP contribution is -2.05. The summed E-state index contributed by atoms with van der Waals surface area (Å²) in [6.45, 7) is 5.09. The molecule has 0 aromatic rings. The van der Waals surface area contributed by atoms with E-state index < -0.39 is 0 Å². The van der Waals surface area contributed by atoms with E-state index in [2.05, 4.69) is 13.8 Å². The van der Waals surface area contributed by atoms with E-state index in [1.807, 2.05) is 0 Å². The summed E-state index contributed by atoms with van der Waals surface area (Å²) in [6.07, 6.45) is 39.2. The summed E-state index contributed by atoms with van der Waals surface area (Å²) in [5.41, 5.74) is 0. The molecule has 210 valence electrons. The molecule has 2 nitrogen and oxygen atoms in total. The van der Waals surface area contributed by atoms with Crippen molar-refractivity contribution in [2.75, 3.05) is 6.61 Å². The Hall–Kier alpha value is -0.530. The summed E-state index contributed by atoms with van der Waals surface area (Å²) in [5, 5.41) is 0. The largest absolute Gasteiger partial charge is 0.466 e. The number of rotatable bonds is 30. The number of hydrogen-bond acceptors (Lipinski definition) is 2. The molecular weight excluding hydrogens is 428 g/mol. The highest BCUT2D eigenvalue weighted by molar-refractivity contribution is 5.69. The second kappa shape index (κ2) is 31.5. The van der Waals surface area contributed by atoms with Gasteiger partial charge in [-0.25, -0.2) is 0 Å². The highest BCUT2D eigenvalue weighted by Crippen LogP contribution is 2.15. The molecule has 0 saturated heterocycles. The highest BCUT2D eigenvalue weighted by Gasteiger charge is 2.01. The maximum absolute atomic E-state index is 11.5. The van der Waals surface area contributed by atoms with Gasteiger partial charge in [-0.15, -0.1) is 0 Å². The first-order chi connectivity index (χ1) is 17.3. The zero-order valence-electron chi connectivity index (χ0n) is 24.5. The Balaban J connectivity index is 3.06. The van der Waals surface area contributed by atoms with E-state index in [9.17, 15) is 4.79 Å². The van der Waals surface area contributed by atoms with Gasteiger partial charge in [0.25, 0.3) is 0 Å². The summed E-state index contributed by atoms with van der Waals surface area (Å²) in [7, 11) is 0. The molecule has 0 aliphatic carbocycles. The SMILES string of the molecule is CCCCCCCCCCCCCCCCCCCCCCCCCCCOC(=O)CCCCC. The Morgan fingerprint density at radius 1 is 0.371 bits per heavy atom. The van der Waals surface area contributed by atoms with Crippen LogP contribution in [0.2, 0.25) is 0 Å². The molecule has 0 rings (SSSR count). The van der Waals surface area contributed by atoms with Crippen LogP contribution in [0.1, 0.15) is 200 Å². The molecule has 0 aromatic heterocycles. The van der Waals surface area contributed by atoms with Crippen LogP contribution >= 0.6 is 0 Å². The van der Waals surface area contributed by atoms with Gasteiger partial charge in [0.05, 0.1) is 6.61 Å². The number of carbonyl (C=O) groups is 1. The fraction of sp³-hybridized carbons (Fsp3) is 0.970. The number of carbonyl (C=O) groups excluding carboxylic acids is 1. The fourth-order valence-corrected chi connectivity index (χ4v) is 5.02. The molecule has 35 heavy (non-hydrogen) atoms. The molecule has 0 spiro atoms. The average Bonchev–Trinajstić information content (AvgIpc) is 2.86. The molecule has 0 aliphatic rings. The van der Waals surface area contributed by atoms with Gasteiger partial charge in [0, 0.05) is 6.42 Å². The van der Waals surface area contributed by atoms with E-state index in [1.165, 1.54) is 154 Å². The summed E-state index contributed by atoms with van der Waals surface area (Å²) < 4.78 is 5.30. The van der Waals surface area contributed by atoms with Gasteiger partial charge in [0.15, 0.2) is 0 Å². The molecule has 0 amide bonds. The lowest BCUT2D eigenvalue weighted by molar-refractivity contribution is -0.143. The van der Waals surface area contributed by atoms with E-state index in [0.29, 0.717) is 13.0 Å². The maximum Gasteiger partial charge on any atom is 0.305 e. The third kappa shape index (κ3) is 31.4. The molecule has 0 unspecified atom stereocenters. The summed E-state index contributed by atoms with van der Waals surface area (Å²) in [4.78, 5) is 11.5. The zero-order valence-corrected chi connectivity index (χ0v) is 24.5. The molecule has 0 radical (unpaired) electrons. The van der Waals surface area contributed by atoms with Crippen molar-refractivity contribution in [1.29, 1.82) is 0 Å². The Bertz CT molecular complexity index is 393. The maximum atomic E-state index is 11.5. The Kier molecular flexibility index (Phi) is 31.0. The quantitative estimate of drug-likeness (QED) is 0.0732. The molecule has 0 bridgehead atoms. The molecular formula is C33H66O2. The normalized spacial score (nSPS) is 11.3. The van der Waals surface area contributed by atoms with Gasteiger partial charge < -0.3 is 4.74 Å². The van der Waals surface area contributed by atoms with Crippen LogP contribution in [-0.4, -0.2) is 12.6 Å². The Morgan fingerprint density at radius 2 is 0.629 bits per heavy atom. The second-order valence-electron chi connectivity index (χ2n) is 11.2. The monoisotopic (exact) mass is 495 g/mol. The van der Waals surface area contributed by atoms with Crippen LogP contribution in [0.5, 0.6) is 0 Å². The lowest BCUT2D eigenvalue weighted by atomic mass is 10.0. The Labute approximate surface area is 222 Å². The zero-order chi connectivity index (χ0) is 25.5. The van der Waals surface area contributed by atoms with E-state index in [-0.39, 0.29) is 5.97 Å². The van der Waals surface area contributed by atoms with E-state index in [4.69, 9.17) is 4.74 Å². The van der Waals surface area contributed by atoms with Gasteiger partial charge in [-0.3, -0.25) is 4.79 Å². The van der Waals surface area contributed by atoms with Gasteiger partial charge in [-0.1, -0.05) is 181 Å². The van der Waals surface area contributed by atoms with Crippen LogP contribution in [0, 0.1) is 0 Å². The smallest absolute Gasteiger partial charge is 0.305 e. The number of esters is 1. The molecule has 0 aromatic carbocycles. The van der Waals surface area contributed by atoms with Crippen molar-refractivity contribution >= 4 is 5.97 Å². The van der Waals surface area contributed by atoms with Crippen molar-refractivity contribution in [2.45, 2.75) is 200 Å². The van der Waals surface area contributed by atoms with Gasteiger partial charge >= 0.3 is 5.97 Å². The third-order valence-corrected chi connectivity index (χ3v) is 7.50. The van der Waals surface area contributed by atoms with Gasteiger partial charge in [-0.05, 0) is 12.8 Å². The Morgan fingerprint density at radius 3 is 0.943 bits per heavy atom. The molecule has 0 atom stereocenters. The van der Waals surface area contributed by atoms with E-state index in [1.54, 1.807) is 0 Å². The molecule has 0 heterocycles. The van der Waals surface area contributed by atoms with Crippen LogP contribution in [0.3, 0.4) is 0 Å². The van der Waals surface area contributed by atoms with Crippen molar-refractivity contribution in [2.24, 2.45) is 0 Å². The van der Waals surface area contributed by atoms with Crippen molar-refractivity contribution in [1.82, 2.24) is 0 Å². The molecule has 0 aliphatic heterocycles. The van der Waals surface area contributed by atoms with Crippen molar-refractivity contribution in [3.05, 3.63) is 0 Å². The molecule has 0 saturated carbocycles. The van der Waals surface area contributed by atoms with Gasteiger partial charge in [0.2, 0.25) is 0 Å².